The standard InChI is InChI=1S/C21H25N3O4S/c1-4-15(3)28-18-11-7-16(8-12-18)20(26)22-21(29)24-23-19(25)13-27-17-9-5-14(2)6-10-17/h5-12,15H,4,13H2,1-3H3,(H,23,25)(H2,22,24,26,29). The Kier molecular flexibility index (Phi) is 8.42. The van der Waals surface area contributed by atoms with Gasteiger partial charge in [-0.3, -0.25) is 25.8 Å². The van der Waals surface area contributed by atoms with Crippen LogP contribution in [-0.4, -0.2) is 29.6 Å². The topological polar surface area (TPSA) is 88.7 Å². The van der Waals surface area contributed by atoms with Crippen molar-refractivity contribution in [2.75, 3.05) is 6.61 Å². The number of hydrogen-bond donors (Lipinski definition) is 3. The average Bonchev–Trinajstić information content (AvgIpc) is 2.72. The molecule has 0 heterocycles. The van der Waals surface area contributed by atoms with Crippen molar-refractivity contribution in [3.8, 4) is 11.5 Å². The first kappa shape index (κ1) is 22.2. The summed E-state index contributed by atoms with van der Waals surface area (Å²) >= 11 is 5.02. The van der Waals surface area contributed by atoms with Crippen LogP contribution in [0.25, 0.3) is 0 Å². The predicted octanol–water partition coefficient (Wildman–Crippen LogP) is 2.89. The molecule has 0 radical (unpaired) electrons. The van der Waals surface area contributed by atoms with E-state index < -0.39 is 11.8 Å². The van der Waals surface area contributed by atoms with Crippen LogP contribution < -0.4 is 25.6 Å². The Balaban J connectivity index is 1.73. The molecule has 2 amide bonds. The molecule has 0 saturated carbocycles. The molecule has 2 aromatic rings. The van der Waals surface area contributed by atoms with Crippen molar-refractivity contribution < 1.29 is 19.1 Å². The number of aryl methyl sites for hydroxylation is 1. The van der Waals surface area contributed by atoms with Gasteiger partial charge in [0.1, 0.15) is 11.5 Å². The first-order chi connectivity index (χ1) is 13.9. The van der Waals surface area contributed by atoms with Gasteiger partial charge < -0.3 is 9.47 Å². The van der Waals surface area contributed by atoms with Crippen molar-refractivity contribution in [3.63, 3.8) is 0 Å². The first-order valence-corrected chi connectivity index (χ1v) is 9.64. The van der Waals surface area contributed by atoms with Crippen molar-refractivity contribution in [2.45, 2.75) is 33.3 Å². The van der Waals surface area contributed by atoms with Gasteiger partial charge in [0.25, 0.3) is 11.8 Å². The lowest BCUT2D eigenvalue weighted by atomic mass is 10.2. The molecule has 0 aromatic heterocycles. The highest BCUT2D eigenvalue weighted by Crippen LogP contribution is 2.15. The first-order valence-electron chi connectivity index (χ1n) is 9.23. The summed E-state index contributed by atoms with van der Waals surface area (Å²) in [5, 5.41) is 2.46. The van der Waals surface area contributed by atoms with E-state index in [2.05, 4.69) is 16.2 Å². The summed E-state index contributed by atoms with van der Waals surface area (Å²) in [6.45, 7) is 5.79. The zero-order chi connectivity index (χ0) is 21.2. The highest BCUT2D eigenvalue weighted by atomic mass is 32.1. The molecule has 7 nitrogen and oxygen atoms in total. The molecule has 2 aromatic carbocycles. The maximum atomic E-state index is 12.2. The number of rotatable bonds is 7. The molecule has 29 heavy (non-hydrogen) atoms. The summed E-state index contributed by atoms with van der Waals surface area (Å²) in [4.78, 5) is 24.0. The second kappa shape index (κ2) is 11.0. The molecule has 0 bridgehead atoms. The van der Waals surface area contributed by atoms with Gasteiger partial charge in [0.15, 0.2) is 11.7 Å². The summed E-state index contributed by atoms with van der Waals surface area (Å²) < 4.78 is 11.0. The Bertz CT molecular complexity index is 838. The van der Waals surface area contributed by atoms with E-state index in [4.69, 9.17) is 21.7 Å². The van der Waals surface area contributed by atoms with Crippen molar-refractivity contribution in [3.05, 3.63) is 59.7 Å². The van der Waals surface area contributed by atoms with Gasteiger partial charge in [-0.05, 0) is 68.9 Å². The predicted molar refractivity (Wildman–Crippen MR) is 115 cm³/mol. The minimum absolute atomic E-state index is 0.0291. The summed E-state index contributed by atoms with van der Waals surface area (Å²) in [5.41, 5.74) is 6.35. The zero-order valence-corrected chi connectivity index (χ0v) is 17.5. The zero-order valence-electron chi connectivity index (χ0n) is 16.7. The second-order valence-corrected chi connectivity index (χ2v) is 6.83. The van der Waals surface area contributed by atoms with E-state index in [0.29, 0.717) is 17.1 Å². The maximum absolute atomic E-state index is 12.2. The lowest BCUT2D eigenvalue weighted by Crippen LogP contribution is -2.49. The van der Waals surface area contributed by atoms with Crippen LogP contribution in [0.4, 0.5) is 0 Å². The molecule has 1 atom stereocenters. The minimum Gasteiger partial charge on any atom is -0.491 e. The van der Waals surface area contributed by atoms with Gasteiger partial charge in [0.2, 0.25) is 0 Å². The Morgan fingerprint density at radius 3 is 2.24 bits per heavy atom. The third-order valence-corrected chi connectivity index (χ3v) is 4.17. The van der Waals surface area contributed by atoms with Crippen LogP contribution in [-0.2, 0) is 4.79 Å². The molecule has 2 rings (SSSR count). The summed E-state index contributed by atoms with van der Waals surface area (Å²) in [7, 11) is 0. The fourth-order valence-corrected chi connectivity index (χ4v) is 2.30. The number of ether oxygens (including phenoxy) is 2. The Hall–Kier alpha value is -3.13. The van der Waals surface area contributed by atoms with Gasteiger partial charge in [0.05, 0.1) is 6.10 Å². The van der Waals surface area contributed by atoms with Gasteiger partial charge in [-0.1, -0.05) is 24.6 Å². The average molecular weight is 416 g/mol. The minimum atomic E-state index is -0.436. The van der Waals surface area contributed by atoms with Gasteiger partial charge >= 0.3 is 0 Å². The highest BCUT2D eigenvalue weighted by Gasteiger charge is 2.10. The summed E-state index contributed by atoms with van der Waals surface area (Å²) in [6, 6.07) is 14.1. The number of carbonyl (C=O) groups is 2. The second-order valence-electron chi connectivity index (χ2n) is 6.42. The van der Waals surface area contributed by atoms with E-state index in [-0.39, 0.29) is 17.8 Å². The lowest BCUT2D eigenvalue weighted by molar-refractivity contribution is -0.123. The molecule has 0 spiro atoms. The number of thiocarbonyl (C=S) groups is 1. The molecular formula is C21H25N3O4S. The molecule has 0 aliphatic carbocycles. The maximum Gasteiger partial charge on any atom is 0.276 e. The molecule has 154 valence electrons. The Labute approximate surface area is 175 Å². The number of carbonyl (C=O) groups excluding carboxylic acids is 2. The van der Waals surface area contributed by atoms with Gasteiger partial charge in [-0.15, -0.1) is 0 Å². The molecular weight excluding hydrogens is 390 g/mol. The van der Waals surface area contributed by atoms with Crippen LogP contribution >= 0.6 is 12.2 Å². The lowest BCUT2D eigenvalue weighted by Gasteiger charge is -2.13. The SMILES string of the molecule is CCC(C)Oc1ccc(C(=O)NC(=S)NNC(=O)COc2ccc(C)cc2)cc1. The van der Waals surface area contributed by atoms with E-state index in [1.54, 1.807) is 36.4 Å². The number of benzene rings is 2. The highest BCUT2D eigenvalue weighted by molar-refractivity contribution is 7.80. The smallest absolute Gasteiger partial charge is 0.276 e. The van der Waals surface area contributed by atoms with Crippen molar-refractivity contribution >= 4 is 29.1 Å². The van der Waals surface area contributed by atoms with Gasteiger partial charge in [-0.2, -0.15) is 0 Å². The van der Waals surface area contributed by atoms with Crippen LogP contribution in [0.3, 0.4) is 0 Å². The fraction of sp³-hybridized carbons (Fsp3) is 0.286. The Morgan fingerprint density at radius 1 is 1.00 bits per heavy atom. The molecule has 0 saturated heterocycles. The van der Waals surface area contributed by atoms with Crippen LogP contribution in [0.2, 0.25) is 0 Å². The van der Waals surface area contributed by atoms with Crippen molar-refractivity contribution in [2.24, 2.45) is 0 Å². The van der Waals surface area contributed by atoms with Crippen LogP contribution in [0.15, 0.2) is 48.5 Å². The third-order valence-electron chi connectivity index (χ3n) is 3.96. The van der Waals surface area contributed by atoms with Crippen LogP contribution in [0.1, 0.15) is 36.2 Å². The van der Waals surface area contributed by atoms with Crippen LogP contribution in [0.5, 0.6) is 11.5 Å². The van der Waals surface area contributed by atoms with E-state index in [1.165, 1.54) is 0 Å². The molecule has 8 heteroatoms. The van der Waals surface area contributed by atoms with E-state index in [0.717, 1.165) is 12.0 Å². The van der Waals surface area contributed by atoms with E-state index >= 15 is 0 Å². The van der Waals surface area contributed by atoms with Crippen molar-refractivity contribution in [1.29, 1.82) is 0 Å². The van der Waals surface area contributed by atoms with Gasteiger partial charge in [0, 0.05) is 5.56 Å². The molecule has 1 unspecified atom stereocenters. The van der Waals surface area contributed by atoms with Gasteiger partial charge in [-0.25, -0.2) is 0 Å². The largest absolute Gasteiger partial charge is 0.491 e. The molecule has 0 fully saturated rings. The number of amides is 2. The molecule has 3 N–H and O–H groups in total. The van der Waals surface area contributed by atoms with E-state index in [9.17, 15) is 9.59 Å². The summed E-state index contributed by atoms with van der Waals surface area (Å²) in [5.74, 6) is 0.441. The quantitative estimate of drug-likeness (QED) is 0.476. The third kappa shape index (κ3) is 7.79. The normalized spacial score (nSPS) is 11.1. The number of nitrogens with one attached hydrogen (secondary N) is 3. The van der Waals surface area contributed by atoms with E-state index in [1.807, 2.05) is 32.9 Å². The van der Waals surface area contributed by atoms with Crippen LogP contribution in [0, 0.1) is 6.92 Å². The van der Waals surface area contributed by atoms with Crippen molar-refractivity contribution in [1.82, 2.24) is 16.2 Å². The molecule has 0 aliphatic heterocycles. The summed E-state index contributed by atoms with van der Waals surface area (Å²) in [6.07, 6.45) is 0.995. The molecule has 0 aliphatic rings. The monoisotopic (exact) mass is 415 g/mol. The fourth-order valence-electron chi connectivity index (χ4n) is 2.15. The number of hydrogen-bond acceptors (Lipinski definition) is 5. The number of hydrazine groups is 1. The Morgan fingerprint density at radius 2 is 1.62 bits per heavy atom.